The minimum atomic E-state index is -0.703. The number of fused-ring (bicyclic) bond motifs is 4. The summed E-state index contributed by atoms with van der Waals surface area (Å²) >= 11 is 0. The maximum absolute atomic E-state index is 12.1. The summed E-state index contributed by atoms with van der Waals surface area (Å²) in [5.41, 5.74) is 4.46. The van der Waals surface area contributed by atoms with Gasteiger partial charge in [0.05, 0.1) is 12.2 Å². The monoisotopic (exact) mass is 638 g/mol. The van der Waals surface area contributed by atoms with Gasteiger partial charge in [-0.3, -0.25) is 0 Å². The Morgan fingerprint density at radius 2 is 0.896 bits per heavy atom. The van der Waals surface area contributed by atoms with Gasteiger partial charge in [-0.15, -0.1) is 0 Å². The molecule has 0 spiro atoms. The summed E-state index contributed by atoms with van der Waals surface area (Å²) in [5, 5.41) is 33.5. The Morgan fingerprint density at radius 1 is 0.500 bits per heavy atom. The van der Waals surface area contributed by atoms with Crippen molar-refractivity contribution in [2.75, 3.05) is 37.0 Å². The van der Waals surface area contributed by atoms with Gasteiger partial charge in [0.1, 0.15) is 0 Å². The first-order chi connectivity index (χ1) is 23.4. The van der Waals surface area contributed by atoms with Crippen LogP contribution in [0.5, 0.6) is 0 Å². The summed E-state index contributed by atoms with van der Waals surface area (Å²) in [5.74, 6) is -0.741. The first-order valence-electron chi connectivity index (χ1n) is 18.1. The van der Waals surface area contributed by atoms with Crippen molar-refractivity contribution in [1.82, 2.24) is 0 Å². The molecule has 6 aromatic carbocycles. The van der Waals surface area contributed by atoms with E-state index in [1.807, 2.05) is 0 Å². The molecule has 248 valence electrons. The molecule has 1 aliphatic carbocycles. The lowest BCUT2D eigenvalue weighted by atomic mass is 9.62. The van der Waals surface area contributed by atoms with Crippen molar-refractivity contribution < 1.29 is 10.2 Å². The molecule has 48 heavy (non-hydrogen) atoms. The lowest BCUT2D eigenvalue weighted by Gasteiger charge is -2.48. The molecule has 7 rings (SSSR count). The average Bonchev–Trinajstić information content (AvgIpc) is 3.10. The highest BCUT2D eigenvalue weighted by molar-refractivity contribution is 6.07. The van der Waals surface area contributed by atoms with Gasteiger partial charge in [0.2, 0.25) is 0 Å². The van der Waals surface area contributed by atoms with E-state index >= 15 is 0 Å². The van der Waals surface area contributed by atoms with Crippen LogP contribution in [0, 0.1) is 0 Å². The van der Waals surface area contributed by atoms with Crippen molar-refractivity contribution >= 4 is 54.5 Å². The molecule has 0 aromatic heterocycles. The third-order valence-electron chi connectivity index (χ3n) is 10.9. The molecule has 6 aromatic rings. The van der Waals surface area contributed by atoms with Crippen LogP contribution in [0.15, 0.2) is 97.1 Å². The normalized spacial score (nSPS) is 19.3. The minimum absolute atomic E-state index is 0.370. The first-order valence-corrected chi connectivity index (χ1v) is 18.1. The Morgan fingerprint density at radius 3 is 1.31 bits per heavy atom. The number of unbranched alkanes of at least 4 members (excludes halogenated alkanes) is 4. The number of nitrogens with zero attached hydrogens (tertiary/aromatic N) is 2. The van der Waals surface area contributed by atoms with Crippen LogP contribution in [-0.4, -0.2) is 49.6 Å². The van der Waals surface area contributed by atoms with Gasteiger partial charge in [0.25, 0.3) is 0 Å². The maximum Gasteiger partial charge on any atom is 0.0727 e. The Labute approximate surface area is 285 Å². The van der Waals surface area contributed by atoms with E-state index in [4.69, 9.17) is 0 Å². The smallest absolute Gasteiger partial charge is 0.0727 e. The Hall–Kier alpha value is -4.12. The van der Waals surface area contributed by atoms with Gasteiger partial charge >= 0.3 is 0 Å². The van der Waals surface area contributed by atoms with Crippen LogP contribution in [0.4, 0.5) is 11.4 Å². The van der Waals surface area contributed by atoms with Crippen LogP contribution in [0.1, 0.15) is 75.3 Å². The second-order valence-electron chi connectivity index (χ2n) is 14.2. The van der Waals surface area contributed by atoms with E-state index in [1.165, 1.54) is 65.8 Å². The summed E-state index contributed by atoms with van der Waals surface area (Å²) in [6.07, 6.45) is 5.81. The first kappa shape index (κ1) is 32.4. The fraction of sp³-hybridized carbons (Fsp3) is 0.364. The maximum atomic E-state index is 12.1. The molecule has 2 atom stereocenters. The summed E-state index contributed by atoms with van der Waals surface area (Å²) < 4.78 is 0. The van der Waals surface area contributed by atoms with Gasteiger partial charge in [0.15, 0.2) is 0 Å². The van der Waals surface area contributed by atoms with Crippen molar-refractivity contribution in [3.8, 4) is 0 Å². The molecule has 1 saturated carbocycles. The summed E-state index contributed by atoms with van der Waals surface area (Å²) in [6.45, 7) is 6.62. The van der Waals surface area contributed by atoms with Crippen molar-refractivity contribution in [3.63, 3.8) is 0 Å². The second-order valence-corrected chi connectivity index (χ2v) is 14.2. The lowest BCUT2D eigenvalue weighted by molar-refractivity contribution is -0.0775. The van der Waals surface area contributed by atoms with E-state index < -0.39 is 12.2 Å². The number of aliphatic hydroxyl groups excluding tert-OH is 2. The van der Waals surface area contributed by atoms with Gasteiger partial charge in [-0.2, -0.15) is 0 Å². The molecular formula is C44H50N2O2. The number of anilines is 2. The molecule has 0 heterocycles. The minimum Gasteiger partial charge on any atom is -0.392 e. The Bertz CT molecular complexity index is 2050. The molecule has 0 amide bonds. The third-order valence-corrected chi connectivity index (χ3v) is 10.9. The van der Waals surface area contributed by atoms with Gasteiger partial charge in [0, 0.05) is 61.2 Å². The molecule has 2 N–H and O–H groups in total. The van der Waals surface area contributed by atoms with Crippen LogP contribution in [0.2, 0.25) is 0 Å². The molecule has 0 bridgehead atoms. The largest absolute Gasteiger partial charge is 0.392 e. The molecule has 2 unspecified atom stereocenters. The number of aliphatic hydroxyl groups is 2. The summed E-state index contributed by atoms with van der Waals surface area (Å²) in [6, 6.07) is 34.9. The van der Waals surface area contributed by atoms with E-state index in [9.17, 15) is 10.2 Å². The number of hydrogen-bond donors (Lipinski definition) is 2. The highest BCUT2D eigenvalue weighted by Crippen LogP contribution is 2.52. The van der Waals surface area contributed by atoms with Gasteiger partial charge in [-0.25, -0.2) is 0 Å². The summed E-state index contributed by atoms with van der Waals surface area (Å²) in [4.78, 5) is 4.73. The molecule has 1 fully saturated rings. The predicted octanol–water partition coefficient (Wildman–Crippen LogP) is 10.2. The van der Waals surface area contributed by atoms with Crippen LogP contribution in [0.3, 0.4) is 0 Å². The van der Waals surface area contributed by atoms with Crippen LogP contribution >= 0.6 is 0 Å². The fourth-order valence-corrected chi connectivity index (χ4v) is 8.22. The van der Waals surface area contributed by atoms with Gasteiger partial charge in [-0.05, 0) is 92.7 Å². The standard InChI is InChI=1S/C44H50N2O2/c1-5-7-13-23-46(24-14-8-6-2)40-22-20-34(36-26-30-16-10-12-18-32(30)28-38(36)40)42-43(47)41(44(42)48)33-19-21-39(45(3)4)37-27-31-17-11-9-15-29(31)25-35(33)37/h9-12,15-22,25-28,41-44,47-48H,5-8,13-14,23-24H2,1-4H3. The quantitative estimate of drug-likeness (QED) is 0.103. The molecule has 1 aliphatic rings. The number of hydrogen-bond acceptors (Lipinski definition) is 4. The molecule has 4 nitrogen and oxygen atoms in total. The zero-order valence-electron chi connectivity index (χ0n) is 29.0. The van der Waals surface area contributed by atoms with Crippen molar-refractivity contribution in [3.05, 3.63) is 108 Å². The number of benzene rings is 6. The van der Waals surface area contributed by atoms with Crippen LogP contribution < -0.4 is 9.80 Å². The van der Waals surface area contributed by atoms with Gasteiger partial charge < -0.3 is 20.0 Å². The molecule has 0 radical (unpaired) electrons. The Balaban J connectivity index is 1.32. The molecule has 0 aliphatic heterocycles. The zero-order valence-corrected chi connectivity index (χ0v) is 29.0. The van der Waals surface area contributed by atoms with E-state index in [0.717, 1.165) is 51.4 Å². The van der Waals surface area contributed by atoms with Crippen molar-refractivity contribution in [2.45, 2.75) is 76.4 Å². The second kappa shape index (κ2) is 13.8. The molecular weight excluding hydrogens is 588 g/mol. The van der Waals surface area contributed by atoms with Crippen molar-refractivity contribution in [1.29, 1.82) is 0 Å². The van der Waals surface area contributed by atoms with Crippen LogP contribution in [0.25, 0.3) is 43.1 Å². The highest BCUT2D eigenvalue weighted by Gasteiger charge is 2.51. The average molecular weight is 639 g/mol. The Kier molecular flexibility index (Phi) is 9.31. The van der Waals surface area contributed by atoms with Crippen molar-refractivity contribution in [2.24, 2.45) is 0 Å². The molecule has 0 saturated heterocycles. The highest BCUT2D eigenvalue weighted by atomic mass is 16.3. The fourth-order valence-electron chi connectivity index (χ4n) is 8.22. The van der Waals surface area contributed by atoms with E-state index in [2.05, 4.69) is 135 Å². The molecule has 4 heteroatoms. The lowest BCUT2D eigenvalue weighted by Crippen LogP contribution is -2.51. The number of rotatable bonds is 12. The SMILES string of the molecule is CCCCCN(CCCCC)c1ccc(C2C(O)C(c3ccc(N(C)C)c4cc5ccccc5cc34)C2O)c2cc3ccccc3cc12. The topological polar surface area (TPSA) is 46.9 Å². The van der Waals surface area contributed by atoms with E-state index in [1.54, 1.807) is 0 Å². The predicted molar refractivity (Wildman–Crippen MR) is 206 cm³/mol. The van der Waals surface area contributed by atoms with Gasteiger partial charge in [-0.1, -0.05) is 100 Å². The third kappa shape index (κ3) is 5.80. The van der Waals surface area contributed by atoms with Crippen LogP contribution in [-0.2, 0) is 0 Å². The van der Waals surface area contributed by atoms with E-state index in [-0.39, 0.29) is 11.8 Å². The summed E-state index contributed by atoms with van der Waals surface area (Å²) in [7, 11) is 4.14. The van der Waals surface area contributed by atoms with E-state index in [0.29, 0.717) is 0 Å². The zero-order chi connectivity index (χ0) is 33.4.